The number of hydrogen-bond donors (Lipinski definition) is 0. The number of morpholine rings is 1. The zero-order valence-electron chi connectivity index (χ0n) is 13.1. The summed E-state index contributed by atoms with van der Waals surface area (Å²) in [4.78, 5) is 22.9. The molecule has 2 fully saturated rings. The fourth-order valence-electron chi connectivity index (χ4n) is 2.88. The lowest BCUT2D eigenvalue weighted by molar-refractivity contribution is -0.136. The lowest BCUT2D eigenvalue weighted by atomic mass is 10.2. The molecule has 0 aliphatic carbocycles. The van der Waals surface area contributed by atoms with Crippen LogP contribution in [0.3, 0.4) is 0 Å². The topological polar surface area (TPSA) is 72.7 Å². The second-order valence-corrected chi connectivity index (χ2v) is 5.77. The van der Waals surface area contributed by atoms with Gasteiger partial charge in [-0.15, -0.1) is 0 Å². The minimum Gasteiger partial charge on any atom is -0.378 e. The quantitative estimate of drug-likeness (QED) is 0.778. The molecule has 1 aromatic rings. The van der Waals surface area contributed by atoms with Crippen molar-refractivity contribution in [2.24, 2.45) is 0 Å². The Balaban J connectivity index is 1.48. The molecule has 3 heterocycles. The molecule has 0 aromatic carbocycles. The van der Waals surface area contributed by atoms with Gasteiger partial charge in [-0.3, -0.25) is 9.69 Å². The first kappa shape index (κ1) is 15.7. The van der Waals surface area contributed by atoms with Gasteiger partial charge in [0.2, 0.25) is 5.91 Å². The standard InChI is InChI=1S/C16H21N5O2/c17-11-14-1-2-15(18-12-14)20-5-3-19(4-6-20)13-16(22)21-7-9-23-10-8-21/h1-2,12H,3-10,13H2. The number of carbonyl (C=O) groups is 1. The van der Waals surface area contributed by atoms with Crippen LogP contribution in [0.15, 0.2) is 18.3 Å². The lowest BCUT2D eigenvalue weighted by Gasteiger charge is -2.36. The van der Waals surface area contributed by atoms with Gasteiger partial charge in [0, 0.05) is 45.5 Å². The maximum atomic E-state index is 12.3. The van der Waals surface area contributed by atoms with E-state index in [1.165, 1.54) is 0 Å². The van der Waals surface area contributed by atoms with Crippen LogP contribution in [0.1, 0.15) is 5.56 Å². The molecule has 7 nitrogen and oxygen atoms in total. The number of pyridine rings is 1. The lowest BCUT2D eigenvalue weighted by Crippen LogP contribution is -2.51. The van der Waals surface area contributed by atoms with Crippen LogP contribution in [0.25, 0.3) is 0 Å². The summed E-state index contributed by atoms with van der Waals surface area (Å²) in [5.41, 5.74) is 0.573. The first-order valence-corrected chi connectivity index (χ1v) is 7.95. The van der Waals surface area contributed by atoms with E-state index in [4.69, 9.17) is 10.00 Å². The number of rotatable bonds is 3. The highest BCUT2D eigenvalue weighted by Gasteiger charge is 2.23. The van der Waals surface area contributed by atoms with Gasteiger partial charge in [-0.1, -0.05) is 0 Å². The number of hydrogen-bond acceptors (Lipinski definition) is 6. The third kappa shape index (κ3) is 3.97. The largest absolute Gasteiger partial charge is 0.378 e. The van der Waals surface area contributed by atoms with Crippen LogP contribution in [0.5, 0.6) is 0 Å². The summed E-state index contributed by atoms with van der Waals surface area (Å²) in [5, 5.41) is 8.81. The summed E-state index contributed by atoms with van der Waals surface area (Å²) in [6.45, 7) is 6.55. The third-order valence-corrected chi connectivity index (χ3v) is 4.30. The Morgan fingerprint density at radius 2 is 1.91 bits per heavy atom. The van der Waals surface area contributed by atoms with Crippen LogP contribution in [-0.4, -0.2) is 79.7 Å². The molecule has 3 rings (SSSR count). The number of anilines is 1. The first-order valence-electron chi connectivity index (χ1n) is 7.95. The van der Waals surface area contributed by atoms with E-state index in [1.807, 2.05) is 11.0 Å². The highest BCUT2D eigenvalue weighted by Crippen LogP contribution is 2.14. The van der Waals surface area contributed by atoms with Gasteiger partial charge in [0.15, 0.2) is 0 Å². The summed E-state index contributed by atoms with van der Waals surface area (Å²) in [6.07, 6.45) is 1.60. The molecule has 2 aliphatic rings. The molecule has 0 saturated carbocycles. The molecule has 23 heavy (non-hydrogen) atoms. The molecule has 122 valence electrons. The number of nitriles is 1. The normalized spacial score (nSPS) is 19.4. The SMILES string of the molecule is N#Cc1ccc(N2CCN(CC(=O)N3CCOCC3)CC2)nc1. The van der Waals surface area contributed by atoms with Crippen molar-refractivity contribution >= 4 is 11.7 Å². The Morgan fingerprint density at radius 3 is 2.52 bits per heavy atom. The minimum absolute atomic E-state index is 0.193. The zero-order valence-corrected chi connectivity index (χ0v) is 13.1. The van der Waals surface area contributed by atoms with E-state index in [1.54, 1.807) is 12.3 Å². The van der Waals surface area contributed by atoms with Gasteiger partial charge in [-0.2, -0.15) is 5.26 Å². The molecule has 0 N–H and O–H groups in total. The smallest absolute Gasteiger partial charge is 0.236 e. The summed E-state index contributed by atoms with van der Waals surface area (Å²) in [6, 6.07) is 5.75. The summed E-state index contributed by atoms with van der Waals surface area (Å²) in [5.74, 6) is 1.08. The fourth-order valence-corrected chi connectivity index (χ4v) is 2.88. The first-order chi connectivity index (χ1) is 11.3. The predicted molar refractivity (Wildman–Crippen MR) is 85.0 cm³/mol. The third-order valence-electron chi connectivity index (χ3n) is 4.30. The fraction of sp³-hybridized carbons (Fsp3) is 0.562. The van der Waals surface area contributed by atoms with Crippen LogP contribution in [0.4, 0.5) is 5.82 Å². The van der Waals surface area contributed by atoms with E-state index in [2.05, 4.69) is 20.9 Å². The molecule has 0 spiro atoms. The maximum absolute atomic E-state index is 12.3. The second kappa shape index (κ2) is 7.40. The van der Waals surface area contributed by atoms with Crippen molar-refractivity contribution < 1.29 is 9.53 Å². The van der Waals surface area contributed by atoms with E-state index < -0.39 is 0 Å². The van der Waals surface area contributed by atoms with Crippen LogP contribution in [0, 0.1) is 11.3 Å². The van der Waals surface area contributed by atoms with Crippen LogP contribution in [0.2, 0.25) is 0 Å². The summed E-state index contributed by atoms with van der Waals surface area (Å²) < 4.78 is 5.28. The number of piperazine rings is 1. The van der Waals surface area contributed by atoms with Crippen molar-refractivity contribution in [2.45, 2.75) is 0 Å². The zero-order chi connectivity index (χ0) is 16.1. The van der Waals surface area contributed by atoms with Crippen LogP contribution in [-0.2, 0) is 9.53 Å². The predicted octanol–water partition coefficient (Wildman–Crippen LogP) is -0.0659. The Labute approximate surface area is 136 Å². The minimum atomic E-state index is 0.193. The van der Waals surface area contributed by atoms with Crippen molar-refractivity contribution in [1.29, 1.82) is 5.26 Å². The van der Waals surface area contributed by atoms with Gasteiger partial charge in [-0.25, -0.2) is 4.98 Å². The average Bonchev–Trinajstić information content (AvgIpc) is 2.63. The van der Waals surface area contributed by atoms with Gasteiger partial charge < -0.3 is 14.5 Å². The second-order valence-electron chi connectivity index (χ2n) is 5.77. The van der Waals surface area contributed by atoms with Crippen LogP contribution >= 0.6 is 0 Å². The number of amides is 1. The Hall–Kier alpha value is -2.17. The molecule has 2 aliphatic heterocycles. The van der Waals surface area contributed by atoms with Crippen LogP contribution < -0.4 is 4.90 Å². The van der Waals surface area contributed by atoms with Gasteiger partial charge in [0.25, 0.3) is 0 Å². The highest BCUT2D eigenvalue weighted by molar-refractivity contribution is 5.78. The molecule has 1 aromatic heterocycles. The van der Waals surface area contributed by atoms with E-state index in [9.17, 15) is 4.79 Å². The number of ether oxygens (including phenoxy) is 1. The highest BCUT2D eigenvalue weighted by atomic mass is 16.5. The van der Waals surface area contributed by atoms with E-state index in [-0.39, 0.29) is 5.91 Å². The van der Waals surface area contributed by atoms with Crippen molar-refractivity contribution in [1.82, 2.24) is 14.8 Å². The maximum Gasteiger partial charge on any atom is 0.236 e. The molecule has 0 bridgehead atoms. The number of aromatic nitrogens is 1. The summed E-state index contributed by atoms with van der Waals surface area (Å²) in [7, 11) is 0. The Kier molecular flexibility index (Phi) is 5.05. The van der Waals surface area contributed by atoms with Crippen molar-refractivity contribution in [2.75, 3.05) is 63.9 Å². The van der Waals surface area contributed by atoms with E-state index in [0.717, 1.165) is 32.0 Å². The van der Waals surface area contributed by atoms with Gasteiger partial charge in [0.1, 0.15) is 11.9 Å². The summed E-state index contributed by atoms with van der Waals surface area (Å²) >= 11 is 0. The van der Waals surface area contributed by atoms with Crippen molar-refractivity contribution in [3.8, 4) is 6.07 Å². The van der Waals surface area contributed by atoms with Gasteiger partial charge >= 0.3 is 0 Å². The molecule has 7 heteroatoms. The molecule has 0 atom stereocenters. The van der Waals surface area contributed by atoms with Gasteiger partial charge in [0.05, 0.1) is 25.3 Å². The number of carbonyl (C=O) groups excluding carboxylic acids is 1. The van der Waals surface area contributed by atoms with E-state index >= 15 is 0 Å². The molecule has 2 saturated heterocycles. The Morgan fingerprint density at radius 1 is 1.17 bits per heavy atom. The van der Waals surface area contributed by atoms with E-state index in [0.29, 0.717) is 38.4 Å². The Bertz CT molecular complexity index is 569. The molecule has 0 unspecified atom stereocenters. The molecular formula is C16H21N5O2. The molecule has 0 radical (unpaired) electrons. The monoisotopic (exact) mass is 315 g/mol. The van der Waals surface area contributed by atoms with Crippen molar-refractivity contribution in [3.05, 3.63) is 23.9 Å². The van der Waals surface area contributed by atoms with Crippen molar-refractivity contribution in [3.63, 3.8) is 0 Å². The number of nitrogens with zero attached hydrogens (tertiary/aromatic N) is 5. The average molecular weight is 315 g/mol. The van der Waals surface area contributed by atoms with Gasteiger partial charge in [-0.05, 0) is 12.1 Å². The molecule has 1 amide bonds. The molecular weight excluding hydrogens is 294 g/mol.